The van der Waals surface area contributed by atoms with Gasteiger partial charge in [-0.05, 0) is 74.8 Å². The summed E-state index contributed by atoms with van der Waals surface area (Å²) in [6.45, 7) is 1.43. The molecule has 1 N–H and O–H groups in total. The van der Waals surface area contributed by atoms with Gasteiger partial charge in [-0.15, -0.1) is 0 Å². The van der Waals surface area contributed by atoms with E-state index in [4.69, 9.17) is 22.2 Å². The zero-order valence-electron chi connectivity index (χ0n) is 19.3. The molecule has 2 atom stereocenters. The van der Waals surface area contributed by atoms with Gasteiger partial charge in [0.15, 0.2) is 14.9 Å². The van der Waals surface area contributed by atoms with E-state index in [0.29, 0.717) is 19.3 Å². The number of nitriles is 1. The lowest BCUT2D eigenvalue weighted by Crippen LogP contribution is -2.55. The van der Waals surface area contributed by atoms with E-state index in [2.05, 4.69) is 0 Å². The maximum absolute atomic E-state index is 13.6. The molecule has 0 radical (unpaired) electrons. The molecule has 1 aliphatic carbocycles. The van der Waals surface area contributed by atoms with E-state index in [1.807, 2.05) is 0 Å². The van der Waals surface area contributed by atoms with Gasteiger partial charge < -0.3 is 14.7 Å². The van der Waals surface area contributed by atoms with Gasteiger partial charge in [0.1, 0.15) is 22.3 Å². The van der Waals surface area contributed by atoms with Crippen molar-refractivity contribution in [3.63, 3.8) is 0 Å². The second kappa shape index (κ2) is 8.41. The number of alkyl halides is 3. The van der Waals surface area contributed by atoms with Gasteiger partial charge in [-0.1, -0.05) is 0 Å². The minimum absolute atomic E-state index is 0.0544. The van der Waals surface area contributed by atoms with E-state index in [9.17, 15) is 31.5 Å². The number of carbonyl (C=O) groups excluding carboxylic acids is 1. The third-order valence-corrected chi connectivity index (χ3v) is 9.12. The molecule has 3 aliphatic rings. The fourth-order valence-electron chi connectivity index (χ4n) is 4.93. The number of ether oxygens (including phenoxy) is 1. The molecule has 1 spiro atoms. The maximum atomic E-state index is 13.6. The number of anilines is 2. The number of aliphatic hydroxyl groups is 1. The molecular formula is C24H20F3N3O5S2. The molecule has 5 rings (SSSR count). The summed E-state index contributed by atoms with van der Waals surface area (Å²) in [5.74, 6) is -0.904. The van der Waals surface area contributed by atoms with Gasteiger partial charge in [-0.2, -0.15) is 18.4 Å². The number of benzene rings is 2. The number of thiocarbonyl (C=S) groups is 1. The molecule has 2 aromatic carbocycles. The molecule has 0 bridgehead atoms. The van der Waals surface area contributed by atoms with E-state index in [0.717, 1.165) is 17.0 Å². The molecule has 0 aromatic heterocycles. The maximum Gasteiger partial charge on any atom is 0.417 e. The Morgan fingerprint density at radius 2 is 1.89 bits per heavy atom. The molecule has 2 aromatic rings. The fraction of sp³-hybridized carbons (Fsp3) is 0.375. The van der Waals surface area contributed by atoms with Crippen LogP contribution in [0.2, 0.25) is 0 Å². The summed E-state index contributed by atoms with van der Waals surface area (Å²) in [7, 11) is -3.85. The van der Waals surface area contributed by atoms with Crippen LogP contribution in [0.4, 0.5) is 24.5 Å². The number of hydrogen-bond acceptors (Lipinski definition) is 7. The van der Waals surface area contributed by atoms with Gasteiger partial charge in [0.2, 0.25) is 0 Å². The minimum Gasteiger partial charge on any atom is -0.485 e. The molecule has 2 fully saturated rings. The molecule has 1 amide bonds. The van der Waals surface area contributed by atoms with Crippen molar-refractivity contribution < 1.29 is 36.2 Å². The highest BCUT2D eigenvalue weighted by Gasteiger charge is 2.60. The standard InChI is InChI=1S/C24H20F3N3O5S2/c1-13(31)19-12-37(33,34)20-10-16(5-6-18(20)35-19)30-22(36)29(21(32)23(30)7-2-8-23)15-4-3-14(11-28)17(9-15)24(25,26)27/h3-6,9-10,13,19,31H,2,7-8,12H2,1H3. The van der Waals surface area contributed by atoms with Crippen LogP contribution in [0.5, 0.6) is 5.75 Å². The molecule has 8 nitrogen and oxygen atoms in total. The van der Waals surface area contributed by atoms with Gasteiger partial charge >= 0.3 is 6.18 Å². The molecule has 2 heterocycles. The third-order valence-electron chi connectivity index (χ3n) is 7.00. The van der Waals surface area contributed by atoms with Gasteiger partial charge in [0.25, 0.3) is 5.91 Å². The number of amides is 1. The van der Waals surface area contributed by atoms with Crippen LogP contribution in [-0.2, 0) is 20.8 Å². The number of sulfone groups is 1. The van der Waals surface area contributed by atoms with Crippen molar-refractivity contribution in [1.29, 1.82) is 5.26 Å². The van der Waals surface area contributed by atoms with E-state index in [1.165, 1.54) is 42.2 Å². The molecule has 1 saturated heterocycles. The normalized spacial score (nSPS) is 22.8. The van der Waals surface area contributed by atoms with Crippen molar-refractivity contribution in [2.75, 3.05) is 15.6 Å². The second-order valence-corrected chi connectivity index (χ2v) is 11.7. The van der Waals surface area contributed by atoms with Gasteiger partial charge in [0, 0.05) is 5.69 Å². The average Bonchev–Trinajstić information content (AvgIpc) is 3.04. The van der Waals surface area contributed by atoms with Crippen LogP contribution in [0.25, 0.3) is 0 Å². The Hall–Kier alpha value is -3.21. The molecular weight excluding hydrogens is 531 g/mol. The number of carbonyl (C=O) groups is 1. The summed E-state index contributed by atoms with van der Waals surface area (Å²) < 4.78 is 72.4. The largest absolute Gasteiger partial charge is 0.485 e. The van der Waals surface area contributed by atoms with E-state index in [1.54, 1.807) is 0 Å². The summed E-state index contributed by atoms with van der Waals surface area (Å²) in [4.78, 5) is 16.0. The second-order valence-electron chi connectivity index (χ2n) is 9.29. The van der Waals surface area contributed by atoms with Crippen LogP contribution in [0.3, 0.4) is 0 Å². The minimum atomic E-state index is -4.82. The first-order valence-electron chi connectivity index (χ1n) is 11.3. The van der Waals surface area contributed by atoms with Crippen LogP contribution in [0.1, 0.15) is 37.3 Å². The number of hydrogen-bond donors (Lipinski definition) is 1. The summed E-state index contributed by atoms with van der Waals surface area (Å²) in [6, 6.07) is 8.74. The van der Waals surface area contributed by atoms with Gasteiger partial charge in [0.05, 0.1) is 34.7 Å². The van der Waals surface area contributed by atoms with Crippen molar-refractivity contribution in [3.05, 3.63) is 47.5 Å². The smallest absolute Gasteiger partial charge is 0.417 e. The predicted molar refractivity (Wildman–Crippen MR) is 130 cm³/mol. The summed E-state index contributed by atoms with van der Waals surface area (Å²) in [5.41, 5.74) is -2.79. The number of aliphatic hydroxyl groups excluding tert-OH is 1. The molecule has 1 saturated carbocycles. The van der Waals surface area contributed by atoms with Crippen LogP contribution in [0.15, 0.2) is 41.3 Å². The molecule has 37 heavy (non-hydrogen) atoms. The first-order chi connectivity index (χ1) is 17.3. The van der Waals surface area contributed by atoms with Crippen LogP contribution >= 0.6 is 12.2 Å². The molecule has 194 valence electrons. The molecule has 2 unspecified atom stereocenters. The van der Waals surface area contributed by atoms with E-state index >= 15 is 0 Å². The first kappa shape index (κ1) is 25.4. The lowest BCUT2D eigenvalue weighted by atomic mass is 9.75. The quantitative estimate of drug-likeness (QED) is 0.577. The van der Waals surface area contributed by atoms with Crippen LogP contribution in [-0.4, -0.2) is 48.0 Å². The molecule has 2 aliphatic heterocycles. The fourth-order valence-corrected chi connectivity index (χ4v) is 7.08. The number of halogens is 3. The van der Waals surface area contributed by atoms with Crippen molar-refractivity contribution in [2.45, 2.75) is 55.0 Å². The highest BCUT2D eigenvalue weighted by molar-refractivity contribution is 7.91. The SMILES string of the molecule is CC(O)C1CS(=O)(=O)c2cc(N3C(=S)N(c4ccc(C#N)c(C(F)(F)F)c4)C(=O)C34CCC4)ccc2O1. The Morgan fingerprint density at radius 1 is 1.22 bits per heavy atom. The Labute approximate surface area is 215 Å². The Balaban J connectivity index is 1.59. The van der Waals surface area contributed by atoms with Crippen LogP contribution in [0, 0.1) is 11.3 Å². The summed E-state index contributed by atoms with van der Waals surface area (Å²) in [5, 5.41) is 18.8. The lowest BCUT2D eigenvalue weighted by Gasteiger charge is -2.43. The summed E-state index contributed by atoms with van der Waals surface area (Å²) in [6.07, 6.45) is -5.37. The Bertz CT molecular complexity index is 1480. The lowest BCUT2D eigenvalue weighted by molar-refractivity contribution is -0.137. The van der Waals surface area contributed by atoms with Crippen molar-refractivity contribution in [1.82, 2.24) is 0 Å². The van der Waals surface area contributed by atoms with Crippen molar-refractivity contribution in [2.24, 2.45) is 0 Å². The van der Waals surface area contributed by atoms with E-state index in [-0.39, 0.29) is 27.1 Å². The predicted octanol–water partition coefficient (Wildman–Crippen LogP) is 3.55. The highest BCUT2D eigenvalue weighted by Crippen LogP contribution is 2.49. The van der Waals surface area contributed by atoms with E-state index < -0.39 is 56.5 Å². The Morgan fingerprint density at radius 3 is 2.46 bits per heavy atom. The first-order valence-corrected chi connectivity index (χ1v) is 13.4. The number of rotatable bonds is 3. The Kier molecular flexibility index (Phi) is 5.78. The average molecular weight is 552 g/mol. The van der Waals surface area contributed by atoms with Crippen molar-refractivity contribution >= 4 is 44.4 Å². The zero-order valence-corrected chi connectivity index (χ0v) is 21.0. The number of nitrogens with zero attached hydrogens (tertiary/aromatic N) is 3. The summed E-state index contributed by atoms with van der Waals surface area (Å²) >= 11 is 5.59. The van der Waals surface area contributed by atoms with Gasteiger partial charge in [-0.3, -0.25) is 9.69 Å². The van der Waals surface area contributed by atoms with Gasteiger partial charge in [-0.25, -0.2) is 8.42 Å². The number of fused-ring (bicyclic) bond motifs is 1. The topological polar surface area (TPSA) is 111 Å². The highest BCUT2D eigenvalue weighted by atomic mass is 32.2. The van der Waals surface area contributed by atoms with Crippen molar-refractivity contribution in [3.8, 4) is 11.8 Å². The monoisotopic (exact) mass is 551 g/mol. The third kappa shape index (κ3) is 3.86. The molecule has 13 heteroatoms. The zero-order chi connectivity index (χ0) is 26.9. The van der Waals surface area contributed by atoms with Crippen LogP contribution < -0.4 is 14.5 Å².